The molecule has 1 aliphatic heterocycles. The smallest absolute Gasteiger partial charge is 0.363 e. The number of aromatic nitrogens is 2. The van der Waals surface area contributed by atoms with Crippen LogP contribution in [-0.4, -0.2) is 30.1 Å². The van der Waals surface area contributed by atoms with Crippen molar-refractivity contribution >= 4 is 45.3 Å². The molecule has 2 aromatic carbocycles. The van der Waals surface area contributed by atoms with E-state index in [0.717, 1.165) is 12.1 Å². The minimum Gasteiger partial charge on any atom is -0.402 e. The maximum atomic E-state index is 14.0. The third-order valence-corrected chi connectivity index (χ3v) is 5.87. The zero-order valence-electron chi connectivity index (χ0n) is 15.9. The van der Waals surface area contributed by atoms with Crippen LogP contribution < -0.4 is 4.72 Å². The maximum Gasteiger partial charge on any atom is 0.363 e. The average molecular weight is 461 g/mol. The summed E-state index contributed by atoms with van der Waals surface area (Å²) >= 11 is 5.66. The normalized spacial score (nSPS) is 15.1. The van der Waals surface area contributed by atoms with E-state index in [1.54, 1.807) is 30.2 Å². The van der Waals surface area contributed by atoms with Gasteiger partial charge in [0.1, 0.15) is 10.7 Å². The van der Waals surface area contributed by atoms with Gasteiger partial charge in [-0.25, -0.2) is 22.6 Å². The van der Waals surface area contributed by atoms with Gasteiger partial charge in [0.2, 0.25) is 5.90 Å². The molecule has 0 radical (unpaired) electrons. The summed E-state index contributed by atoms with van der Waals surface area (Å²) in [4.78, 5) is 15.7. The van der Waals surface area contributed by atoms with E-state index in [2.05, 4.69) is 14.8 Å². The number of ether oxygens (including phenoxy) is 1. The van der Waals surface area contributed by atoms with Gasteiger partial charge in [0.15, 0.2) is 5.70 Å². The Bertz CT molecular complexity index is 1350. The first-order valence-corrected chi connectivity index (χ1v) is 10.7. The zero-order valence-corrected chi connectivity index (χ0v) is 17.5. The second-order valence-electron chi connectivity index (χ2n) is 6.54. The van der Waals surface area contributed by atoms with E-state index < -0.39 is 26.7 Å². The molecule has 0 atom stereocenters. The fourth-order valence-corrected chi connectivity index (χ4v) is 4.07. The highest BCUT2D eigenvalue weighted by Gasteiger charge is 2.25. The van der Waals surface area contributed by atoms with Crippen LogP contribution in [-0.2, 0) is 26.6 Å². The fraction of sp³-hybridized carbons (Fsp3) is 0.0500. The van der Waals surface area contributed by atoms with Gasteiger partial charge in [-0.1, -0.05) is 11.6 Å². The Hall–Kier alpha value is -3.50. The lowest BCUT2D eigenvalue weighted by atomic mass is 10.2. The first-order valence-electron chi connectivity index (χ1n) is 8.81. The summed E-state index contributed by atoms with van der Waals surface area (Å²) < 4.78 is 47.9. The molecule has 0 unspecified atom stereocenters. The van der Waals surface area contributed by atoms with E-state index in [4.69, 9.17) is 16.3 Å². The molecule has 0 aliphatic carbocycles. The van der Waals surface area contributed by atoms with Gasteiger partial charge in [0.25, 0.3) is 10.0 Å². The molecule has 1 aromatic heterocycles. The molecule has 0 saturated heterocycles. The van der Waals surface area contributed by atoms with Crippen LogP contribution in [0.2, 0.25) is 5.02 Å². The van der Waals surface area contributed by atoms with E-state index >= 15 is 0 Å². The third-order valence-electron chi connectivity index (χ3n) is 4.22. The minimum absolute atomic E-state index is 0.0818. The van der Waals surface area contributed by atoms with Crippen molar-refractivity contribution in [3.05, 3.63) is 82.5 Å². The molecule has 158 valence electrons. The van der Waals surface area contributed by atoms with E-state index in [1.807, 2.05) is 0 Å². The number of nitrogens with zero attached hydrogens (tertiary/aromatic N) is 3. The Labute approximate surface area is 181 Å². The number of carbonyl (C=O) groups excluding carboxylic acids is 1. The van der Waals surface area contributed by atoms with Gasteiger partial charge in [-0.05, 0) is 48.5 Å². The summed E-state index contributed by atoms with van der Waals surface area (Å²) in [5, 5.41) is 4.10. The number of anilines is 1. The van der Waals surface area contributed by atoms with Crippen LogP contribution in [0.25, 0.3) is 6.08 Å². The lowest BCUT2D eigenvalue weighted by Gasteiger charge is -2.09. The number of cyclic esters (lactones) is 1. The summed E-state index contributed by atoms with van der Waals surface area (Å²) in [6.45, 7) is 0. The summed E-state index contributed by atoms with van der Waals surface area (Å²) in [7, 11) is -2.41. The summed E-state index contributed by atoms with van der Waals surface area (Å²) in [6, 6.07) is 9.22. The summed E-state index contributed by atoms with van der Waals surface area (Å²) in [5.74, 6) is -1.49. The van der Waals surface area contributed by atoms with Crippen LogP contribution in [0.4, 0.5) is 10.1 Å². The van der Waals surface area contributed by atoms with Gasteiger partial charge in [0.05, 0.1) is 6.20 Å². The highest BCUT2D eigenvalue weighted by Crippen LogP contribution is 2.23. The minimum atomic E-state index is -4.16. The largest absolute Gasteiger partial charge is 0.402 e. The highest BCUT2D eigenvalue weighted by atomic mass is 35.5. The number of sulfonamides is 1. The van der Waals surface area contributed by atoms with Crippen LogP contribution in [0.3, 0.4) is 0 Å². The van der Waals surface area contributed by atoms with Gasteiger partial charge in [-0.2, -0.15) is 5.10 Å². The molecule has 3 aromatic rings. The molecule has 8 nitrogen and oxygen atoms in total. The van der Waals surface area contributed by atoms with E-state index in [-0.39, 0.29) is 22.3 Å². The summed E-state index contributed by atoms with van der Waals surface area (Å²) in [6.07, 6.45) is 4.85. The predicted octanol–water partition coefficient (Wildman–Crippen LogP) is 3.36. The summed E-state index contributed by atoms with van der Waals surface area (Å²) in [5.41, 5.74) is 1.46. The number of carbonyl (C=O) groups is 1. The van der Waals surface area contributed by atoms with Crippen molar-refractivity contribution in [3.63, 3.8) is 0 Å². The number of esters is 1. The average Bonchev–Trinajstić information content (AvgIpc) is 3.27. The molecular formula is C20H14ClFN4O4S. The SMILES string of the molecule is Cn1cc(C=C2N=C(c3ccc(NS(=O)(=O)c4ccc(Cl)cc4F)cc3)OC2=O)cn1. The molecule has 31 heavy (non-hydrogen) atoms. The molecular weight excluding hydrogens is 447 g/mol. The van der Waals surface area contributed by atoms with Crippen molar-refractivity contribution in [3.8, 4) is 0 Å². The van der Waals surface area contributed by atoms with Crippen molar-refractivity contribution in [1.82, 2.24) is 9.78 Å². The van der Waals surface area contributed by atoms with Crippen molar-refractivity contribution in [1.29, 1.82) is 0 Å². The van der Waals surface area contributed by atoms with Crippen molar-refractivity contribution in [2.45, 2.75) is 4.90 Å². The lowest BCUT2D eigenvalue weighted by molar-refractivity contribution is -0.129. The third kappa shape index (κ3) is 4.49. The second-order valence-corrected chi connectivity index (χ2v) is 8.63. The highest BCUT2D eigenvalue weighted by molar-refractivity contribution is 7.92. The second kappa shape index (κ2) is 7.97. The van der Waals surface area contributed by atoms with Crippen molar-refractivity contribution in [2.24, 2.45) is 12.0 Å². The van der Waals surface area contributed by atoms with Crippen molar-refractivity contribution < 1.29 is 22.3 Å². The molecule has 0 amide bonds. The maximum absolute atomic E-state index is 14.0. The fourth-order valence-electron chi connectivity index (χ4n) is 2.79. The Morgan fingerprint density at radius 2 is 1.94 bits per heavy atom. The van der Waals surface area contributed by atoms with Gasteiger partial charge < -0.3 is 4.74 Å². The molecule has 0 saturated carbocycles. The molecule has 2 heterocycles. The van der Waals surface area contributed by atoms with Crippen LogP contribution in [0, 0.1) is 5.82 Å². The standard InChI is InChI=1S/C20H14ClFN4O4S/c1-26-11-12(10-23-26)8-17-20(27)30-19(24-17)13-2-5-15(6-3-13)25-31(28,29)18-7-4-14(21)9-16(18)22/h2-11,25H,1H3. The first-order chi connectivity index (χ1) is 14.7. The number of hydrogen-bond acceptors (Lipinski definition) is 6. The number of aryl methyl sites for hydroxylation is 1. The Balaban J connectivity index is 1.54. The van der Waals surface area contributed by atoms with E-state index in [9.17, 15) is 17.6 Å². The van der Waals surface area contributed by atoms with Crippen LogP contribution in [0.15, 0.2) is 70.4 Å². The zero-order chi connectivity index (χ0) is 22.2. The van der Waals surface area contributed by atoms with Gasteiger partial charge in [-0.15, -0.1) is 0 Å². The van der Waals surface area contributed by atoms with Crippen LogP contribution >= 0.6 is 11.6 Å². The number of nitrogens with one attached hydrogen (secondary N) is 1. The van der Waals surface area contributed by atoms with Crippen molar-refractivity contribution in [2.75, 3.05) is 4.72 Å². The topological polar surface area (TPSA) is 103 Å². The number of rotatable bonds is 5. The first kappa shape index (κ1) is 20.8. The number of aliphatic imine (C=N–C) groups is 1. The van der Waals surface area contributed by atoms with Crippen LogP contribution in [0.5, 0.6) is 0 Å². The van der Waals surface area contributed by atoms with Gasteiger partial charge in [-0.3, -0.25) is 9.40 Å². The number of halogens is 2. The quantitative estimate of drug-likeness (QED) is 0.464. The molecule has 0 bridgehead atoms. The molecule has 11 heteroatoms. The van der Waals surface area contributed by atoms with E-state index in [1.165, 1.54) is 30.3 Å². The van der Waals surface area contributed by atoms with Gasteiger partial charge >= 0.3 is 5.97 Å². The molecule has 0 spiro atoms. The van der Waals surface area contributed by atoms with Crippen LogP contribution in [0.1, 0.15) is 11.1 Å². The Morgan fingerprint density at radius 1 is 1.19 bits per heavy atom. The lowest BCUT2D eigenvalue weighted by Crippen LogP contribution is -2.14. The predicted molar refractivity (Wildman–Crippen MR) is 112 cm³/mol. The molecule has 1 aliphatic rings. The molecule has 4 rings (SSSR count). The Morgan fingerprint density at radius 3 is 2.58 bits per heavy atom. The van der Waals surface area contributed by atoms with Gasteiger partial charge in [0, 0.05) is 35.1 Å². The Kier molecular flexibility index (Phi) is 5.34. The number of hydrogen-bond donors (Lipinski definition) is 1. The number of benzene rings is 2. The monoisotopic (exact) mass is 460 g/mol. The molecule has 0 fully saturated rings. The molecule has 1 N–H and O–H groups in total. The van der Waals surface area contributed by atoms with E-state index in [0.29, 0.717) is 11.1 Å².